The lowest BCUT2D eigenvalue weighted by molar-refractivity contribution is 0.265. The van der Waals surface area contributed by atoms with Gasteiger partial charge in [-0.3, -0.25) is 9.88 Å². The second-order valence-corrected chi connectivity index (χ2v) is 6.99. The Kier molecular flexibility index (Phi) is 4.33. The molecule has 0 bridgehead atoms. The molecule has 26 heavy (non-hydrogen) atoms. The molecule has 0 spiro atoms. The summed E-state index contributed by atoms with van der Waals surface area (Å²) in [4.78, 5) is 13.9. The van der Waals surface area contributed by atoms with Crippen LogP contribution in [0.2, 0.25) is 0 Å². The highest BCUT2D eigenvalue weighted by atomic mass is 16.6. The monoisotopic (exact) mass is 356 g/mol. The third-order valence-electron chi connectivity index (χ3n) is 5.14. The molecule has 9 nitrogen and oxygen atoms in total. The summed E-state index contributed by atoms with van der Waals surface area (Å²) in [6, 6.07) is 0.606. The summed E-state index contributed by atoms with van der Waals surface area (Å²) in [6.45, 7) is 5.83. The molecule has 0 aromatic carbocycles. The van der Waals surface area contributed by atoms with Gasteiger partial charge in [-0.1, -0.05) is 0 Å². The molecule has 3 aromatic rings. The molecule has 1 atom stereocenters. The van der Waals surface area contributed by atoms with Crippen LogP contribution in [0.25, 0.3) is 22.6 Å². The number of nitrogen functional groups attached to an aromatic ring is 1. The van der Waals surface area contributed by atoms with Gasteiger partial charge in [-0.05, 0) is 37.8 Å². The fourth-order valence-electron chi connectivity index (χ4n) is 3.73. The van der Waals surface area contributed by atoms with E-state index < -0.39 is 0 Å². The van der Waals surface area contributed by atoms with Gasteiger partial charge in [0, 0.05) is 44.0 Å². The Bertz CT molecular complexity index is 915. The van der Waals surface area contributed by atoms with Crippen LogP contribution in [-0.2, 0) is 13.1 Å². The summed E-state index contributed by atoms with van der Waals surface area (Å²) >= 11 is 0. The number of likely N-dealkylation sites (tertiary alicyclic amines) is 1. The van der Waals surface area contributed by atoms with E-state index in [0.717, 1.165) is 42.8 Å². The van der Waals surface area contributed by atoms with E-state index in [-0.39, 0.29) is 5.82 Å². The summed E-state index contributed by atoms with van der Waals surface area (Å²) < 4.78 is 6.87. The minimum atomic E-state index is 0.248. The van der Waals surface area contributed by atoms with Crippen LogP contribution in [0.15, 0.2) is 17.0 Å². The molecule has 0 radical (unpaired) electrons. The maximum absolute atomic E-state index is 5.88. The first-order valence-electron chi connectivity index (χ1n) is 8.88. The van der Waals surface area contributed by atoms with Crippen molar-refractivity contribution in [1.29, 1.82) is 0 Å². The molecule has 9 heteroatoms. The van der Waals surface area contributed by atoms with Crippen LogP contribution in [0.1, 0.15) is 18.9 Å². The van der Waals surface area contributed by atoms with E-state index in [1.54, 1.807) is 6.20 Å². The number of hydrogen-bond acceptors (Lipinski definition) is 8. The molecule has 4 rings (SSSR count). The number of aromatic nitrogens is 5. The third kappa shape index (κ3) is 2.82. The van der Waals surface area contributed by atoms with E-state index in [4.69, 9.17) is 15.3 Å². The lowest BCUT2D eigenvalue weighted by Crippen LogP contribution is -2.31. The molecule has 0 aliphatic carbocycles. The Hall–Kier alpha value is -2.52. The van der Waals surface area contributed by atoms with Gasteiger partial charge in [-0.25, -0.2) is 9.61 Å². The molecule has 4 heterocycles. The molecule has 2 N–H and O–H groups in total. The lowest BCUT2D eigenvalue weighted by atomic mass is 10.2. The Balaban J connectivity index is 1.72. The van der Waals surface area contributed by atoms with Crippen molar-refractivity contribution >= 4 is 16.9 Å². The van der Waals surface area contributed by atoms with E-state index in [1.807, 2.05) is 6.20 Å². The number of nitrogens with zero attached hydrogens (tertiary/aromatic N) is 7. The average molecular weight is 356 g/mol. The van der Waals surface area contributed by atoms with Crippen LogP contribution in [0.5, 0.6) is 0 Å². The highest BCUT2D eigenvalue weighted by Crippen LogP contribution is 2.29. The normalized spacial score (nSPS) is 18.4. The van der Waals surface area contributed by atoms with Crippen molar-refractivity contribution in [2.75, 3.05) is 32.9 Å². The SMILES string of the molecule is CCn1c(-c2nonc2N)nc2cncc(CN3CC[C@@H](N(C)C)C3)c21. The van der Waals surface area contributed by atoms with E-state index >= 15 is 0 Å². The number of imidazole rings is 1. The summed E-state index contributed by atoms with van der Waals surface area (Å²) in [5.41, 5.74) is 9.44. The summed E-state index contributed by atoms with van der Waals surface area (Å²) in [6.07, 6.45) is 4.91. The topological polar surface area (TPSA) is 102 Å². The molecule has 3 aromatic heterocycles. The van der Waals surface area contributed by atoms with Gasteiger partial charge in [0.2, 0.25) is 0 Å². The predicted molar refractivity (Wildman–Crippen MR) is 98.3 cm³/mol. The number of anilines is 1. The maximum atomic E-state index is 5.88. The third-order valence-corrected chi connectivity index (χ3v) is 5.14. The number of hydrogen-bond donors (Lipinski definition) is 1. The first-order chi connectivity index (χ1) is 12.6. The number of rotatable bonds is 5. The van der Waals surface area contributed by atoms with Crippen LogP contribution in [0.4, 0.5) is 5.82 Å². The number of nitrogens with two attached hydrogens (primary N) is 1. The fourth-order valence-corrected chi connectivity index (χ4v) is 3.73. The minimum Gasteiger partial charge on any atom is -0.379 e. The maximum Gasteiger partial charge on any atom is 0.199 e. The van der Waals surface area contributed by atoms with Gasteiger partial charge < -0.3 is 15.2 Å². The quantitative estimate of drug-likeness (QED) is 0.728. The van der Waals surface area contributed by atoms with Crippen LogP contribution in [-0.4, -0.2) is 67.9 Å². The van der Waals surface area contributed by atoms with Gasteiger partial charge in [0.25, 0.3) is 0 Å². The predicted octanol–water partition coefficient (Wildman–Crippen LogP) is 1.22. The van der Waals surface area contributed by atoms with Crippen molar-refractivity contribution in [2.45, 2.75) is 32.5 Å². The van der Waals surface area contributed by atoms with Gasteiger partial charge in [0.1, 0.15) is 5.52 Å². The summed E-state index contributed by atoms with van der Waals surface area (Å²) in [5.74, 6) is 0.918. The Labute approximate surface area is 151 Å². The van der Waals surface area contributed by atoms with Crippen LogP contribution >= 0.6 is 0 Å². The van der Waals surface area contributed by atoms with Crippen molar-refractivity contribution in [3.8, 4) is 11.5 Å². The summed E-state index contributed by atoms with van der Waals surface area (Å²) in [7, 11) is 4.29. The molecule has 1 fully saturated rings. The second-order valence-electron chi connectivity index (χ2n) is 6.99. The van der Waals surface area contributed by atoms with Gasteiger partial charge >= 0.3 is 0 Å². The molecule has 1 aliphatic heterocycles. The molecular formula is C17H24N8O. The van der Waals surface area contributed by atoms with Crippen molar-refractivity contribution < 1.29 is 4.63 Å². The Morgan fingerprint density at radius 1 is 1.31 bits per heavy atom. The first kappa shape index (κ1) is 16.9. The Morgan fingerprint density at radius 2 is 2.15 bits per heavy atom. The van der Waals surface area contributed by atoms with Gasteiger partial charge in [-0.15, -0.1) is 0 Å². The van der Waals surface area contributed by atoms with E-state index in [9.17, 15) is 0 Å². The van der Waals surface area contributed by atoms with Crippen LogP contribution in [0, 0.1) is 0 Å². The first-order valence-corrected chi connectivity index (χ1v) is 8.88. The van der Waals surface area contributed by atoms with Gasteiger partial charge in [0.05, 0.1) is 11.7 Å². The zero-order chi connectivity index (χ0) is 18.3. The number of fused-ring (bicyclic) bond motifs is 1. The fraction of sp³-hybridized carbons (Fsp3) is 0.529. The van der Waals surface area contributed by atoms with Gasteiger partial charge in [0.15, 0.2) is 17.3 Å². The molecule has 0 unspecified atom stereocenters. The minimum absolute atomic E-state index is 0.248. The molecule has 1 saturated heterocycles. The van der Waals surface area contributed by atoms with Crippen molar-refractivity contribution in [3.63, 3.8) is 0 Å². The molecular weight excluding hydrogens is 332 g/mol. The molecule has 138 valence electrons. The van der Waals surface area contributed by atoms with E-state index in [1.165, 1.54) is 6.42 Å². The molecule has 1 aliphatic rings. The Morgan fingerprint density at radius 3 is 2.81 bits per heavy atom. The zero-order valence-corrected chi connectivity index (χ0v) is 15.4. The summed E-state index contributed by atoms with van der Waals surface area (Å²) in [5, 5.41) is 7.60. The average Bonchev–Trinajstić information content (AvgIpc) is 3.32. The van der Waals surface area contributed by atoms with Crippen molar-refractivity contribution in [1.82, 2.24) is 34.6 Å². The van der Waals surface area contributed by atoms with E-state index in [2.05, 4.69) is 50.7 Å². The molecule has 0 saturated carbocycles. The lowest BCUT2D eigenvalue weighted by Gasteiger charge is -2.20. The number of pyridine rings is 1. The largest absolute Gasteiger partial charge is 0.379 e. The van der Waals surface area contributed by atoms with Crippen LogP contribution in [0.3, 0.4) is 0 Å². The second kappa shape index (κ2) is 6.65. The van der Waals surface area contributed by atoms with E-state index in [0.29, 0.717) is 17.6 Å². The molecule has 0 amide bonds. The number of likely N-dealkylation sites (N-methyl/N-ethyl adjacent to an activating group) is 1. The highest BCUT2D eigenvalue weighted by Gasteiger charge is 2.26. The number of aryl methyl sites for hydroxylation is 1. The van der Waals surface area contributed by atoms with Crippen LogP contribution < -0.4 is 5.73 Å². The van der Waals surface area contributed by atoms with Gasteiger partial charge in [-0.2, -0.15) is 0 Å². The highest BCUT2D eigenvalue weighted by molar-refractivity contribution is 5.83. The van der Waals surface area contributed by atoms with Crippen molar-refractivity contribution in [2.24, 2.45) is 0 Å². The zero-order valence-electron chi connectivity index (χ0n) is 15.4. The standard InChI is InChI=1S/C17H24N8O/c1-4-25-15-11(9-24-6-5-12(10-24)23(2)3)7-19-8-13(15)20-17(25)14-16(18)22-26-21-14/h7-8,12H,4-6,9-10H2,1-3H3,(H2,18,22)/t12-/m1/s1. The smallest absolute Gasteiger partial charge is 0.199 e. The van der Waals surface area contributed by atoms with Crippen molar-refractivity contribution in [3.05, 3.63) is 18.0 Å².